The number of fused-ring (bicyclic) bond motifs is 1. The summed E-state index contributed by atoms with van der Waals surface area (Å²) in [5, 5.41) is 10.3. The van der Waals surface area contributed by atoms with E-state index in [9.17, 15) is 14.7 Å². The molecule has 1 N–H and O–H groups in total. The van der Waals surface area contributed by atoms with Crippen LogP contribution in [0.4, 0.5) is 0 Å². The van der Waals surface area contributed by atoms with Gasteiger partial charge in [0.15, 0.2) is 11.6 Å². The highest BCUT2D eigenvalue weighted by Crippen LogP contribution is 2.19. The van der Waals surface area contributed by atoms with Crippen LogP contribution >= 0.6 is 0 Å². The Balaban J connectivity index is 1.37. The molecule has 2 aromatic carbocycles. The second kappa shape index (κ2) is 9.62. The van der Waals surface area contributed by atoms with E-state index in [2.05, 4.69) is 23.1 Å². The van der Waals surface area contributed by atoms with Crippen LogP contribution in [-0.4, -0.2) is 47.4 Å². The number of aliphatic hydroxyl groups is 1. The normalized spacial score (nSPS) is 14.9. The van der Waals surface area contributed by atoms with Gasteiger partial charge in [0.25, 0.3) is 0 Å². The first-order chi connectivity index (χ1) is 13.5. The van der Waals surface area contributed by atoms with Gasteiger partial charge in [-0.3, -0.25) is 14.5 Å². The highest BCUT2D eigenvalue weighted by atomic mass is 16.5. The minimum atomic E-state index is -0.524. The smallest absolute Gasteiger partial charge is 0.170 e. The van der Waals surface area contributed by atoms with Crippen LogP contribution in [0.15, 0.2) is 48.5 Å². The molecule has 0 spiro atoms. The standard InChI is InChI=1S/C23H27NO4/c1-17(25)18-6-10-23(11-7-18)28-16-22(27)9-8-21(26)15-24-13-12-19-4-2-3-5-20(19)14-24/h2-7,10-11,21,26H,8-9,12-16H2,1H3. The van der Waals surface area contributed by atoms with Crippen LogP contribution in [0, 0.1) is 0 Å². The average molecular weight is 381 g/mol. The van der Waals surface area contributed by atoms with Gasteiger partial charge in [0, 0.05) is 31.6 Å². The van der Waals surface area contributed by atoms with E-state index in [1.807, 2.05) is 6.07 Å². The van der Waals surface area contributed by atoms with Crippen molar-refractivity contribution >= 4 is 11.6 Å². The van der Waals surface area contributed by atoms with Gasteiger partial charge in [0.1, 0.15) is 12.4 Å². The summed E-state index contributed by atoms with van der Waals surface area (Å²) in [4.78, 5) is 25.5. The first-order valence-electron chi connectivity index (χ1n) is 9.74. The fourth-order valence-corrected chi connectivity index (χ4v) is 3.45. The maximum atomic E-state index is 12.0. The number of ketones is 2. The van der Waals surface area contributed by atoms with Gasteiger partial charge in [-0.05, 0) is 55.2 Å². The maximum Gasteiger partial charge on any atom is 0.170 e. The van der Waals surface area contributed by atoms with Gasteiger partial charge in [0.2, 0.25) is 0 Å². The van der Waals surface area contributed by atoms with Crippen molar-refractivity contribution in [3.8, 4) is 5.75 Å². The van der Waals surface area contributed by atoms with Crippen molar-refractivity contribution in [2.75, 3.05) is 19.7 Å². The molecule has 0 fully saturated rings. The van der Waals surface area contributed by atoms with Crippen molar-refractivity contribution < 1.29 is 19.4 Å². The number of β-amino-alcohol motifs (C(OH)–C–C–N with tert-alkyl or cyclic N) is 1. The lowest BCUT2D eigenvalue weighted by molar-refractivity contribution is -0.121. The summed E-state index contributed by atoms with van der Waals surface area (Å²) in [5.41, 5.74) is 3.32. The number of Topliss-reactive ketones (excluding diaryl/α,β-unsaturated/α-hetero) is 2. The number of hydrogen-bond acceptors (Lipinski definition) is 5. The zero-order valence-corrected chi connectivity index (χ0v) is 16.3. The number of nitrogens with zero attached hydrogens (tertiary/aromatic N) is 1. The van der Waals surface area contributed by atoms with Gasteiger partial charge in [-0.15, -0.1) is 0 Å². The van der Waals surface area contributed by atoms with Crippen LogP contribution in [0.2, 0.25) is 0 Å². The summed E-state index contributed by atoms with van der Waals surface area (Å²) in [6, 6.07) is 15.2. The van der Waals surface area contributed by atoms with Crippen LogP contribution in [-0.2, 0) is 17.8 Å². The average Bonchev–Trinajstić information content (AvgIpc) is 2.71. The molecular weight excluding hydrogens is 354 g/mol. The van der Waals surface area contributed by atoms with Gasteiger partial charge < -0.3 is 9.84 Å². The molecule has 0 saturated carbocycles. The highest BCUT2D eigenvalue weighted by molar-refractivity contribution is 5.94. The molecule has 0 radical (unpaired) electrons. The van der Waals surface area contributed by atoms with Crippen LogP contribution in [0.3, 0.4) is 0 Å². The Labute approximate surface area is 165 Å². The molecule has 1 unspecified atom stereocenters. The fourth-order valence-electron chi connectivity index (χ4n) is 3.45. The molecular formula is C23H27NO4. The molecule has 0 aromatic heterocycles. The van der Waals surface area contributed by atoms with Gasteiger partial charge in [0.05, 0.1) is 6.10 Å². The predicted molar refractivity (Wildman–Crippen MR) is 108 cm³/mol. The summed E-state index contributed by atoms with van der Waals surface area (Å²) in [7, 11) is 0. The highest BCUT2D eigenvalue weighted by Gasteiger charge is 2.19. The van der Waals surface area contributed by atoms with Crippen LogP contribution in [0.5, 0.6) is 5.75 Å². The van der Waals surface area contributed by atoms with Crippen LogP contribution in [0.1, 0.15) is 41.3 Å². The first-order valence-corrected chi connectivity index (χ1v) is 9.74. The number of rotatable bonds is 9. The monoisotopic (exact) mass is 381 g/mol. The Morgan fingerprint density at radius 2 is 1.82 bits per heavy atom. The van der Waals surface area contributed by atoms with E-state index in [0.29, 0.717) is 24.3 Å². The maximum absolute atomic E-state index is 12.0. The summed E-state index contributed by atoms with van der Waals surface area (Å²) >= 11 is 0. The van der Waals surface area contributed by atoms with E-state index in [1.54, 1.807) is 24.3 Å². The molecule has 0 bridgehead atoms. The third-order valence-corrected chi connectivity index (χ3v) is 5.10. The molecule has 0 aliphatic carbocycles. The Hall–Kier alpha value is -2.50. The second-order valence-electron chi connectivity index (χ2n) is 7.35. The molecule has 1 aliphatic heterocycles. The van der Waals surface area contributed by atoms with Gasteiger partial charge in [-0.25, -0.2) is 0 Å². The summed E-state index contributed by atoms with van der Waals surface area (Å²) in [5.74, 6) is 0.512. The lowest BCUT2D eigenvalue weighted by Gasteiger charge is -2.30. The van der Waals surface area contributed by atoms with Crippen molar-refractivity contribution in [2.24, 2.45) is 0 Å². The predicted octanol–water partition coefficient (Wildman–Crippen LogP) is 3.04. The molecule has 148 valence electrons. The Morgan fingerprint density at radius 3 is 2.54 bits per heavy atom. The van der Waals surface area contributed by atoms with E-state index in [-0.39, 0.29) is 24.6 Å². The molecule has 5 heteroatoms. The number of hydrogen-bond donors (Lipinski definition) is 1. The molecule has 5 nitrogen and oxygen atoms in total. The first kappa shape index (κ1) is 20.2. The topological polar surface area (TPSA) is 66.8 Å². The van der Waals surface area contributed by atoms with Gasteiger partial charge >= 0.3 is 0 Å². The molecule has 2 aromatic rings. The van der Waals surface area contributed by atoms with Gasteiger partial charge in [-0.2, -0.15) is 0 Å². The molecule has 28 heavy (non-hydrogen) atoms. The molecule has 1 aliphatic rings. The van der Waals surface area contributed by atoms with Gasteiger partial charge in [-0.1, -0.05) is 24.3 Å². The molecule has 1 heterocycles. The Morgan fingerprint density at radius 1 is 1.11 bits per heavy atom. The summed E-state index contributed by atoms with van der Waals surface area (Å²) in [6.07, 6.45) is 1.20. The van der Waals surface area contributed by atoms with Crippen LogP contribution < -0.4 is 4.74 Å². The number of ether oxygens (including phenoxy) is 1. The largest absolute Gasteiger partial charge is 0.486 e. The SMILES string of the molecule is CC(=O)c1ccc(OCC(=O)CCC(O)CN2CCc3ccccc3C2)cc1. The Kier molecular flexibility index (Phi) is 6.95. The lowest BCUT2D eigenvalue weighted by atomic mass is 9.99. The lowest BCUT2D eigenvalue weighted by Crippen LogP contribution is -2.36. The third-order valence-electron chi connectivity index (χ3n) is 5.10. The van der Waals surface area contributed by atoms with Crippen molar-refractivity contribution in [2.45, 2.75) is 38.8 Å². The Bertz CT molecular complexity index is 816. The third kappa shape index (κ3) is 5.75. The number of carbonyl (C=O) groups is 2. The minimum Gasteiger partial charge on any atom is -0.486 e. The van der Waals surface area contributed by atoms with Crippen molar-refractivity contribution in [1.82, 2.24) is 4.90 Å². The zero-order valence-electron chi connectivity index (χ0n) is 16.3. The molecule has 0 amide bonds. The fraction of sp³-hybridized carbons (Fsp3) is 0.391. The van der Waals surface area contributed by atoms with E-state index < -0.39 is 6.10 Å². The quantitative estimate of drug-likeness (QED) is 0.677. The second-order valence-corrected chi connectivity index (χ2v) is 7.35. The molecule has 3 rings (SSSR count). The van der Waals surface area contributed by atoms with Crippen molar-refractivity contribution in [3.05, 3.63) is 65.2 Å². The molecule has 1 atom stereocenters. The summed E-state index contributed by atoms with van der Waals surface area (Å²) in [6.45, 7) is 3.84. The number of carbonyl (C=O) groups excluding carboxylic acids is 2. The molecule has 0 saturated heterocycles. The van der Waals surface area contributed by atoms with E-state index in [4.69, 9.17) is 4.74 Å². The summed E-state index contributed by atoms with van der Waals surface area (Å²) < 4.78 is 5.47. The van der Waals surface area contributed by atoms with Crippen molar-refractivity contribution in [1.29, 1.82) is 0 Å². The zero-order chi connectivity index (χ0) is 19.9. The number of aliphatic hydroxyl groups excluding tert-OH is 1. The van der Waals surface area contributed by atoms with E-state index in [1.165, 1.54) is 18.1 Å². The van der Waals surface area contributed by atoms with E-state index >= 15 is 0 Å². The van der Waals surface area contributed by atoms with E-state index in [0.717, 1.165) is 19.5 Å². The van der Waals surface area contributed by atoms with Crippen LogP contribution in [0.25, 0.3) is 0 Å². The van der Waals surface area contributed by atoms with Crippen molar-refractivity contribution in [3.63, 3.8) is 0 Å². The number of benzene rings is 2. The minimum absolute atomic E-state index is 0.00573.